The van der Waals surface area contributed by atoms with Crippen molar-refractivity contribution in [2.75, 3.05) is 72.5 Å². The first-order valence-electron chi connectivity index (χ1n) is 19.2. The summed E-state index contributed by atoms with van der Waals surface area (Å²) in [5.74, 6) is 0.271. The number of carbonyl (C=O) groups excluding carboxylic acids is 4. The minimum atomic E-state index is -2.59. The Morgan fingerprint density at radius 3 is 1.96 bits per heavy atom. The number of hydrogen-bond donors (Lipinski definition) is 4. The van der Waals surface area contributed by atoms with E-state index in [0.717, 1.165) is 57.8 Å². The van der Waals surface area contributed by atoms with Gasteiger partial charge in [-0.15, -0.1) is 3.89 Å². The van der Waals surface area contributed by atoms with Crippen molar-refractivity contribution in [3.63, 3.8) is 0 Å². The Balaban J connectivity index is 1.10. The van der Waals surface area contributed by atoms with Gasteiger partial charge in [-0.05, 0) is 101 Å². The highest BCUT2D eigenvalue weighted by molar-refractivity contribution is 7.79. The molecule has 2 aliphatic carbocycles. The number of hydrogen-bond acceptors (Lipinski definition) is 11. The van der Waals surface area contributed by atoms with E-state index >= 15 is 0 Å². The summed E-state index contributed by atoms with van der Waals surface area (Å²) in [6.07, 6.45) is 9.50. The van der Waals surface area contributed by atoms with Crippen molar-refractivity contribution >= 4 is 41.4 Å². The largest absolute Gasteiger partial charge is 0.377 e. The third-order valence-corrected chi connectivity index (χ3v) is 10.3. The molecular weight excluding hydrogens is 722 g/mol. The minimum Gasteiger partial charge on any atom is -0.377 e. The second kappa shape index (κ2) is 26.6. The second-order valence-corrected chi connectivity index (χ2v) is 14.9. The Hall–Kier alpha value is -3.15. The number of unbranched alkanes of at least 4 members (excludes halogenated alkanes) is 1. The Bertz CT molecular complexity index is 1320. The number of nitrogens with zero attached hydrogens (tertiary/aromatic N) is 1. The van der Waals surface area contributed by atoms with Gasteiger partial charge >= 0.3 is 0 Å². The molecule has 4 atom stereocenters. The summed E-state index contributed by atoms with van der Waals surface area (Å²) in [6.45, 7) is 8.27. The molecule has 2 aliphatic rings. The van der Waals surface area contributed by atoms with Gasteiger partial charge in [0.2, 0.25) is 23.0 Å². The molecule has 2 saturated carbocycles. The quantitative estimate of drug-likeness (QED) is 0.0561. The van der Waals surface area contributed by atoms with Gasteiger partial charge < -0.3 is 40.2 Å². The average molecular weight is 782 g/mol. The lowest BCUT2D eigenvalue weighted by atomic mass is 9.80. The van der Waals surface area contributed by atoms with Gasteiger partial charge in [0, 0.05) is 43.2 Å². The zero-order valence-corrected chi connectivity index (χ0v) is 32.5. The van der Waals surface area contributed by atoms with Crippen LogP contribution >= 0.6 is 0 Å². The molecule has 0 bridgehead atoms. The molecule has 1 aromatic rings. The summed E-state index contributed by atoms with van der Waals surface area (Å²) in [7, 11) is 0. The highest BCUT2D eigenvalue weighted by atomic mass is 32.2. The predicted molar refractivity (Wildman–Crippen MR) is 203 cm³/mol. The van der Waals surface area contributed by atoms with Gasteiger partial charge in [-0.3, -0.25) is 24.2 Å². The molecule has 2 fully saturated rings. The smallest absolute Gasteiger partial charge is 0.251 e. The predicted octanol–water partition coefficient (Wildman–Crippen LogP) is 2.85. The number of ketones is 1. The van der Waals surface area contributed by atoms with Crippen LogP contribution < -0.4 is 21.3 Å². The third kappa shape index (κ3) is 18.5. The van der Waals surface area contributed by atoms with Gasteiger partial charge in [0.05, 0.1) is 50.6 Å². The van der Waals surface area contributed by atoms with E-state index in [2.05, 4.69) is 39.9 Å². The van der Waals surface area contributed by atoms with E-state index < -0.39 is 11.2 Å². The fourth-order valence-electron chi connectivity index (χ4n) is 6.67. The molecule has 0 saturated heterocycles. The molecule has 0 aliphatic heterocycles. The van der Waals surface area contributed by atoms with Crippen molar-refractivity contribution in [1.29, 1.82) is 0 Å². The summed E-state index contributed by atoms with van der Waals surface area (Å²) >= 11 is -2.59. The summed E-state index contributed by atoms with van der Waals surface area (Å²) in [4.78, 5) is 53.8. The fraction of sp³-hybridized carbons (Fsp3) is 0.711. The van der Waals surface area contributed by atoms with Crippen LogP contribution in [-0.2, 0) is 44.5 Å². The third-order valence-electron chi connectivity index (χ3n) is 9.69. The van der Waals surface area contributed by atoms with Crippen molar-refractivity contribution in [3.8, 4) is 0 Å². The number of halogens is 1. The van der Waals surface area contributed by atoms with Gasteiger partial charge in [-0.25, -0.2) is 4.21 Å². The standard InChI is InChI=1S/C38H60FN5O9S/c1-28-6-11-32(25-28)44-34(37(47)29-7-12-31(40-2)13-8-29)5-3-4-16-41-35(45)26-52-23-21-50-19-17-42-36(46)27-53-24-22-51-20-18-43-38(48)30-9-14-33(15-10-30)54(39)49/h9-10,14-15,28-29,31-32,34,44H,2-8,11-13,16-27H2,1H3,(H,41,45)(H,42,46)(H,43,48)/t28?,29?,31?,32?,34-,54?/m0/s1. The summed E-state index contributed by atoms with van der Waals surface area (Å²) < 4.78 is 45.0. The van der Waals surface area contributed by atoms with Crippen molar-refractivity contribution in [2.24, 2.45) is 16.8 Å². The molecule has 1 aromatic carbocycles. The van der Waals surface area contributed by atoms with E-state index in [1.165, 1.54) is 30.7 Å². The molecule has 4 N–H and O–H groups in total. The Kier molecular flexibility index (Phi) is 22.3. The van der Waals surface area contributed by atoms with E-state index in [-0.39, 0.29) is 100 Å². The van der Waals surface area contributed by atoms with Crippen LogP contribution in [0.1, 0.15) is 81.5 Å². The number of nitrogens with one attached hydrogen (secondary N) is 4. The number of amides is 3. The minimum absolute atomic E-state index is 0.00650. The van der Waals surface area contributed by atoms with Crippen LogP contribution in [0.3, 0.4) is 0 Å². The lowest BCUT2D eigenvalue weighted by molar-refractivity contribution is -0.127. The van der Waals surface area contributed by atoms with E-state index in [1.54, 1.807) is 0 Å². The lowest BCUT2D eigenvalue weighted by Gasteiger charge is -2.30. The summed E-state index contributed by atoms with van der Waals surface area (Å²) in [5.41, 5.74) is 0.312. The van der Waals surface area contributed by atoms with Gasteiger partial charge in [0.25, 0.3) is 5.91 Å². The maximum atomic E-state index is 13.5. The van der Waals surface area contributed by atoms with Crippen molar-refractivity contribution in [2.45, 2.75) is 94.2 Å². The first kappa shape index (κ1) is 45.2. The van der Waals surface area contributed by atoms with Gasteiger partial charge in [0.15, 0.2) is 5.78 Å². The van der Waals surface area contributed by atoms with Crippen LogP contribution in [0.25, 0.3) is 0 Å². The topological polar surface area (TPSA) is 183 Å². The number of ether oxygens (including phenoxy) is 4. The van der Waals surface area contributed by atoms with Crippen LogP contribution in [-0.4, -0.2) is 125 Å². The fourth-order valence-corrected chi connectivity index (χ4v) is 7.02. The first-order chi connectivity index (χ1) is 26.2. The normalized spacial score (nSPS) is 20.9. The highest BCUT2D eigenvalue weighted by Gasteiger charge is 2.33. The van der Waals surface area contributed by atoms with Gasteiger partial charge in [-0.1, -0.05) is 6.92 Å². The monoisotopic (exact) mass is 781 g/mol. The molecule has 0 radical (unpaired) electrons. The first-order valence-corrected chi connectivity index (χ1v) is 20.3. The summed E-state index contributed by atoms with van der Waals surface area (Å²) in [6, 6.07) is 5.91. The molecule has 3 unspecified atom stereocenters. The van der Waals surface area contributed by atoms with Crippen LogP contribution in [0.5, 0.6) is 0 Å². The van der Waals surface area contributed by atoms with Crippen molar-refractivity contribution < 1.29 is 46.2 Å². The number of rotatable bonds is 28. The van der Waals surface area contributed by atoms with Crippen molar-refractivity contribution in [3.05, 3.63) is 29.8 Å². The van der Waals surface area contributed by atoms with Crippen molar-refractivity contribution in [1.82, 2.24) is 21.3 Å². The van der Waals surface area contributed by atoms with E-state index in [9.17, 15) is 27.3 Å². The Labute approximate surface area is 321 Å². The average Bonchev–Trinajstić information content (AvgIpc) is 3.59. The lowest BCUT2D eigenvalue weighted by Crippen LogP contribution is -2.45. The molecular formula is C38H60FN5O9S. The Morgan fingerprint density at radius 1 is 0.796 bits per heavy atom. The number of carbonyl (C=O) groups is 4. The van der Waals surface area contributed by atoms with Crippen LogP contribution in [0.2, 0.25) is 0 Å². The summed E-state index contributed by atoms with van der Waals surface area (Å²) in [5, 5.41) is 11.9. The molecule has 3 rings (SSSR count). The molecule has 304 valence electrons. The van der Waals surface area contributed by atoms with Crippen LogP contribution in [0.4, 0.5) is 3.89 Å². The van der Waals surface area contributed by atoms with Gasteiger partial charge in [-0.2, -0.15) is 0 Å². The maximum Gasteiger partial charge on any atom is 0.251 e. The second-order valence-electron chi connectivity index (χ2n) is 14.0. The van der Waals surface area contributed by atoms with Crippen LogP contribution in [0.15, 0.2) is 34.2 Å². The van der Waals surface area contributed by atoms with Gasteiger partial charge in [0.1, 0.15) is 13.2 Å². The molecule has 54 heavy (non-hydrogen) atoms. The van der Waals surface area contributed by atoms with Crippen LogP contribution in [0, 0.1) is 11.8 Å². The zero-order chi connectivity index (χ0) is 39.0. The molecule has 3 amide bonds. The van der Waals surface area contributed by atoms with E-state index in [4.69, 9.17) is 18.9 Å². The zero-order valence-electron chi connectivity index (χ0n) is 31.7. The van der Waals surface area contributed by atoms with E-state index in [1.807, 2.05) is 0 Å². The molecule has 14 nitrogen and oxygen atoms in total. The highest BCUT2D eigenvalue weighted by Crippen LogP contribution is 2.30. The number of aliphatic imine (C=N–C) groups is 1. The number of Topliss-reactive ketones (excluding diaryl/α,β-unsaturated/α-hetero) is 1. The molecule has 0 spiro atoms. The molecule has 0 heterocycles. The van der Waals surface area contributed by atoms with E-state index in [0.29, 0.717) is 36.4 Å². The molecule has 0 aromatic heterocycles. The number of benzene rings is 1. The molecule has 16 heteroatoms. The SMILES string of the molecule is C=NC1CCC(C(=O)[C@H](CCCCNC(=O)COCCOCCNC(=O)COCCOCCNC(=O)c2ccc(S(=O)F)cc2)NC2CCC(C)C2)CC1. The Morgan fingerprint density at radius 2 is 1.39 bits per heavy atom. The maximum absolute atomic E-state index is 13.5.